The Kier molecular flexibility index (Phi) is 5.89. The lowest BCUT2D eigenvalue weighted by Crippen LogP contribution is -2.15. The number of benzene rings is 1. The van der Waals surface area contributed by atoms with Crippen LogP contribution in [-0.2, 0) is 20.8 Å². The molecule has 0 aliphatic carbocycles. The van der Waals surface area contributed by atoms with E-state index in [0.717, 1.165) is 10.9 Å². The molecule has 1 aromatic heterocycles. The molecule has 6 nitrogen and oxygen atoms in total. The molecule has 1 heterocycles. The van der Waals surface area contributed by atoms with Crippen molar-refractivity contribution in [3.8, 4) is 0 Å². The van der Waals surface area contributed by atoms with Crippen molar-refractivity contribution in [3.05, 3.63) is 36.5 Å². The Morgan fingerprint density at radius 3 is 2.72 bits per heavy atom. The molecule has 0 aliphatic heterocycles. The van der Waals surface area contributed by atoms with Gasteiger partial charge in [-0.2, -0.15) is 0 Å². The zero-order chi connectivity index (χ0) is 13.4. The zero-order valence-corrected chi connectivity index (χ0v) is 10.6. The maximum atomic E-state index is 10.4. The largest absolute Gasteiger partial charge is 0.754 e. The van der Waals surface area contributed by atoms with E-state index in [-0.39, 0.29) is 0 Å². The molecule has 0 aliphatic rings. The number of nitrogens with zero attached hydrogens (tertiary/aromatic N) is 1. The summed E-state index contributed by atoms with van der Waals surface area (Å²) >= 11 is -2.29. The number of hydrogen-bond donors (Lipinski definition) is 1. The van der Waals surface area contributed by atoms with E-state index in [1.165, 1.54) is 4.68 Å². The fourth-order valence-corrected chi connectivity index (χ4v) is 1.63. The van der Waals surface area contributed by atoms with Crippen LogP contribution in [0.3, 0.4) is 0 Å². The first-order chi connectivity index (χ1) is 8.69. The van der Waals surface area contributed by atoms with Crippen LogP contribution in [0.25, 0.3) is 10.9 Å². The molecule has 0 bridgehead atoms. The number of aromatic nitrogens is 1. The van der Waals surface area contributed by atoms with Crippen molar-refractivity contribution in [1.82, 2.24) is 4.68 Å². The van der Waals surface area contributed by atoms with Crippen molar-refractivity contribution in [2.75, 3.05) is 11.4 Å². The molecule has 0 radical (unpaired) electrons. The second-order valence-electron chi connectivity index (χ2n) is 3.12. The molecule has 98 valence electrons. The first-order valence-electron chi connectivity index (χ1n) is 5.16. The number of hydrogen-bond acceptors (Lipinski definition) is 4. The van der Waals surface area contributed by atoms with Crippen molar-refractivity contribution in [1.29, 1.82) is 0 Å². The third-order valence-corrected chi connectivity index (χ3v) is 2.35. The van der Waals surface area contributed by atoms with Gasteiger partial charge in [-0.3, -0.25) is 18.5 Å². The van der Waals surface area contributed by atoms with Gasteiger partial charge in [0.1, 0.15) is 0 Å². The minimum Gasteiger partial charge on any atom is -0.754 e. The van der Waals surface area contributed by atoms with E-state index in [2.05, 4.69) is 9.57 Å². The number of para-hydroxylation sites is 1. The summed E-state index contributed by atoms with van der Waals surface area (Å²) in [4.78, 5) is 11.4. The van der Waals surface area contributed by atoms with E-state index < -0.39 is 11.3 Å². The number of nitrogens with one attached hydrogen (secondary N) is 1. The van der Waals surface area contributed by atoms with Gasteiger partial charge >= 0.3 is 0 Å². The smallest absolute Gasteiger partial charge is 0.293 e. The SMILES string of the molecule is CCOC=O.O=S([O-])Nn1ccc2ccccc21. The standard InChI is InChI=1S/C8H8N2O2S.C3H6O2/c11-13(12)9-10-6-5-7-3-1-2-4-8(7)10;1-2-5-3-4/h1-6,9H,(H,11,12);3H,2H2,1H3/p-1. The minimum absolute atomic E-state index is 0.431. The Labute approximate surface area is 107 Å². The van der Waals surface area contributed by atoms with Crippen molar-refractivity contribution < 1.29 is 18.3 Å². The number of ether oxygens (including phenoxy) is 1. The van der Waals surface area contributed by atoms with Crippen LogP contribution in [0.5, 0.6) is 0 Å². The first-order valence-corrected chi connectivity index (χ1v) is 6.23. The summed E-state index contributed by atoms with van der Waals surface area (Å²) in [5.74, 6) is 0. The van der Waals surface area contributed by atoms with Gasteiger partial charge in [-0.05, 0) is 19.1 Å². The quantitative estimate of drug-likeness (QED) is 0.667. The van der Waals surface area contributed by atoms with Crippen LogP contribution < -0.4 is 4.83 Å². The van der Waals surface area contributed by atoms with Crippen LogP contribution in [-0.4, -0.2) is 26.5 Å². The molecular weight excluding hydrogens is 256 g/mol. The molecule has 1 aromatic carbocycles. The average molecular weight is 269 g/mol. The lowest BCUT2D eigenvalue weighted by Gasteiger charge is -2.10. The molecule has 7 heteroatoms. The predicted octanol–water partition coefficient (Wildman–Crippen LogP) is 1.16. The van der Waals surface area contributed by atoms with Crippen LogP contribution in [0.2, 0.25) is 0 Å². The van der Waals surface area contributed by atoms with Crippen molar-refractivity contribution >= 4 is 28.6 Å². The molecule has 2 rings (SSSR count). The molecule has 2 aromatic rings. The predicted molar refractivity (Wildman–Crippen MR) is 67.9 cm³/mol. The Hall–Kier alpha value is -1.86. The summed E-state index contributed by atoms with van der Waals surface area (Å²) in [6, 6.07) is 9.36. The van der Waals surface area contributed by atoms with Gasteiger partial charge in [0.2, 0.25) is 0 Å². The molecule has 0 fully saturated rings. The highest BCUT2D eigenvalue weighted by molar-refractivity contribution is 7.80. The Morgan fingerprint density at radius 1 is 1.44 bits per heavy atom. The highest BCUT2D eigenvalue weighted by Gasteiger charge is 1.97. The highest BCUT2D eigenvalue weighted by atomic mass is 32.2. The Balaban J connectivity index is 0.000000280. The normalized spacial score (nSPS) is 11.2. The third kappa shape index (κ3) is 4.19. The number of rotatable bonds is 4. The van der Waals surface area contributed by atoms with E-state index in [4.69, 9.17) is 0 Å². The molecule has 0 amide bonds. The molecule has 0 saturated carbocycles. The number of carbonyl (C=O) groups is 1. The van der Waals surface area contributed by atoms with Crippen LogP contribution in [0.1, 0.15) is 6.92 Å². The van der Waals surface area contributed by atoms with Gasteiger partial charge in [0, 0.05) is 11.6 Å². The second kappa shape index (κ2) is 7.46. The van der Waals surface area contributed by atoms with E-state index in [0.29, 0.717) is 13.1 Å². The number of fused-ring (bicyclic) bond motifs is 1. The summed E-state index contributed by atoms with van der Waals surface area (Å²) in [6.07, 6.45) is 1.67. The summed E-state index contributed by atoms with van der Waals surface area (Å²) in [5.41, 5.74) is 0.840. The lowest BCUT2D eigenvalue weighted by atomic mass is 10.3. The zero-order valence-electron chi connectivity index (χ0n) is 9.74. The molecule has 0 spiro atoms. The van der Waals surface area contributed by atoms with Crippen LogP contribution in [0.4, 0.5) is 0 Å². The second-order valence-corrected chi connectivity index (χ2v) is 3.77. The van der Waals surface area contributed by atoms with Crippen molar-refractivity contribution in [2.45, 2.75) is 6.92 Å². The van der Waals surface area contributed by atoms with Gasteiger partial charge in [-0.25, -0.2) is 0 Å². The molecule has 0 saturated heterocycles. The molecule has 1 N–H and O–H groups in total. The molecule has 1 unspecified atom stereocenters. The maximum absolute atomic E-state index is 10.4. The lowest BCUT2D eigenvalue weighted by molar-refractivity contribution is -0.128. The summed E-state index contributed by atoms with van der Waals surface area (Å²) in [7, 11) is 0. The monoisotopic (exact) mass is 269 g/mol. The average Bonchev–Trinajstić information content (AvgIpc) is 2.74. The van der Waals surface area contributed by atoms with E-state index >= 15 is 0 Å². The van der Waals surface area contributed by atoms with Gasteiger partial charge in [-0.15, -0.1) is 0 Å². The fourth-order valence-electron chi connectivity index (χ4n) is 1.31. The fraction of sp³-hybridized carbons (Fsp3) is 0.182. The topological polar surface area (TPSA) is 83.4 Å². The van der Waals surface area contributed by atoms with Crippen LogP contribution >= 0.6 is 0 Å². The molecular formula is C11H13N2O4S-. The Bertz CT molecular complexity index is 526. The van der Waals surface area contributed by atoms with Crippen LogP contribution in [0.15, 0.2) is 36.5 Å². The van der Waals surface area contributed by atoms with Gasteiger partial charge in [0.25, 0.3) is 6.47 Å². The van der Waals surface area contributed by atoms with Crippen molar-refractivity contribution in [3.63, 3.8) is 0 Å². The highest BCUT2D eigenvalue weighted by Crippen LogP contribution is 2.13. The van der Waals surface area contributed by atoms with E-state index in [9.17, 15) is 13.6 Å². The van der Waals surface area contributed by atoms with Gasteiger partial charge in [0.05, 0.1) is 23.4 Å². The van der Waals surface area contributed by atoms with Crippen LogP contribution in [0, 0.1) is 0 Å². The number of carbonyl (C=O) groups excluding carboxylic acids is 1. The van der Waals surface area contributed by atoms with Gasteiger partial charge in [-0.1, -0.05) is 18.2 Å². The Morgan fingerprint density at radius 2 is 2.17 bits per heavy atom. The molecule has 18 heavy (non-hydrogen) atoms. The van der Waals surface area contributed by atoms with Gasteiger partial charge in [0.15, 0.2) is 0 Å². The third-order valence-electron chi connectivity index (χ3n) is 2.01. The van der Waals surface area contributed by atoms with Gasteiger partial charge < -0.3 is 9.29 Å². The van der Waals surface area contributed by atoms with E-state index in [1.807, 2.05) is 30.3 Å². The maximum Gasteiger partial charge on any atom is 0.293 e. The molecule has 1 atom stereocenters. The van der Waals surface area contributed by atoms with E-state index in [1.54, 1.807) is 13.1 Å². The first kappa shape index (κ1) is 14.2. The minimum atomic E-state index is -2.29. The summed E-state index contributed by atoms with van der Waals surface area (Å²) in [5, 5.41) is 1.00. The van der Waals surface area contributed by atoms with Crippen molar-refractivity contribution in [2.24, 2.45) is 0 Å². The summed E-state index contributed by atoms with van der Waals surface area (Å²) in [6.45, 7) is 2.66. The summed E-state index contributed by atoms with van der Waals surface area (Å²) < 4.78 is 26.4.